The molecule has 0 aliphatic rings. The van der Waals surface area contributed by atoms with Gasteiger partial charge in [-0.15, -0.1) is 0 Å². The highest BCUT2D eigenvalue weighted by molar-refractivity contribution is 5.70. The molecule has 0 fully saturated rings. The van der Waals surface area contributed by atoms with Gasteiger partial charge in [0.2, 0.25) is 0 Å². The average Bonchev–Trinajstić information content (AvgIpc) is 2.13. The Hall–Kier alpha value is -0.570. The van der Waals surface area contributed by atoms with Gasteiger partial charge in [0.25, 0.3) is 0 Å². The van der Waals surface area contributed by atoms with E-state index in [1.54, 1.807) is 0 Å². The van der Waals surface area contributed by atoms with Crippen molar-refractivity contribution < 1.29 is 9.53 Å². The van der Waals surface area contributed by atoms with E-state index < -0.39 is 0 Å². The molecule has 0 aromatic rings. The smallest absolute Gasteiger partial charge is 0.307 e. The Bertz CT molecular complexity index is 185. The number of rotatable bonds is 8. The summed E-state index contributed by atoms with van der Waals surface area (Å²) in [5, 5.41) is 3.26. The highest BCUT2D eigenvalue weighted by Gasteiger charge is 2.15. The third-order valence-corrected chi connectivity index (χ3v) is 2.13. The summed E-state index contributed by atoms with van der Waals surface area (Å²) in [6.07, 6.45) is 5.49. The predicted octanol–water partition coefficient (Wildman–Crippen LogP) is 2.89. The summed E-state index contributed by atoms with van der Waals surface area (Å²) in [6.45, 7) is 9.61. The zero-order valence-corrected chi connectivity index (χ0v) is 11.3. The first-order valence-electron chi connectivity index (χ1n) is 6.38. The van der Waals surface area contributed by atoms with Crippen molar-refractivity contribution >= 4 is 5.97 Å². The standard InChI is InChI=1S/C13H27NO2/c1-5-6-7-8-10-14-11-9-12(15)16-13(2,3)4/h14H,5-11H2,1-4H3. The molecule has 1 N–H and O–H groups in total. The average molecular weight is 229 g/mol. The molecule has 96 valence electrons. The second-order valence-corrected chi connectivity index (χ2v) is 5.15. The van der Waals surface area contributed by atoms with E-state index in [1.165, 1.54) is 25.7 Å². The van der Waals surface area contributed by atoms with E-state index in [4.69, 9.17) is 4.74 Å². The lowest BCUT2D eigenvalue weighted by Gasteiger charge is -2.19. The largest absolute Gasteiger partial charge is 0.460 e. The van der Waals surface area contributed by atoms with Crippen LogP contribution >= 0.6 is 0 Å². The van der Waals surface area contributed by atoms with Crippen LogP contribution < -0.4 is 5.32 Å². The van der Waals surface area contributed by atoms with Crippen LogP contribution in [0.15, 0.2) is 0 Å². The molecule has 0 saturated heterocycles. The summed E-state index contributed by atoms with van der Waals surface area (Å²) in [7, 11) is 0. The number of carbonyl (C=O) groups excluding carboxylic acids is 1. The number of nitrogens with one attached hydrogen (secondary N) is 1. The number of unbranched alkanes of at least 4 members (excludes halogenated alkanes) is 3. The Balaban J connectivity index is 3.28. The first-order valence-corrected chi connectivity index (χ1v) is 6.38. The van der Waals surface area contributed by atoms with Gasteiger partial charge in [0.1, 0.15) is 5.60 Å². The Morgan fingerprint density at radius 2 is 1.81 bits per heavy atom. The molecule has 0 aromatic heterocycles. The van der Waals surface area contributed by atoms with E-state index >= 15 is 0 Å². The fraction of sp³-hybridized carbons (Fsp3) is 0.923. The Morgan fingerprint density at radius 1 is 1.12 bits per heavy atom. The van der Waals surface area contributed by atoms with Crippen molar-refractivity contribution in [2.24, 2.45) is 0 Å². The molecule has 0 radical (unpaired) electrons. The Morgan fingerprint density at radius 3 is 2.38 bits per heavy atom. The lowest BCUT2D eigenvalue weighted by molar-refractivity contribution is -0.154. The van der Waals surface area contributed by atoms with Crippen LogP contribution in [0.2, 0.25) is 0 Å². The van der Waals surface area contributed by atoms with Crippen molar-refractivity contribution in [2.45, 2.75) is 65.4 Å². The molecule has 0 rings (SSSR count). The minimum atomic E-state index is -0.363. The minimum Gasteiger partial charge on any atom is -0.460 e. The molecule has 0 aliphatic heterocycles. The van der Waals surface area contributed by atoms with Gasteiger partial charge in [0.05, 0.1) is 6.42 Å². The van der Waals surface area contributed by atoms with Crippen LogP contribution in [0.1, 0.15) is 59.8 Å². The molecule has 0 aliphatic carbocycles. The van der Waals surface area contributed by atoms with E-state index in [9.17, 15) is 4.79 Å². The lowest BCUT2D eigenvalue weighted by Crippen LogP contribution is -2.27. The van der Waals surface area contributed by atoms with Crippen LogP contribution in [0, 0.1) is 0 Å². The maximum atomic E-state index is 11.3. The fourth-order valence-electron chi connectivity index (χ4n) is 1.38. The van der Waals surface area contributed by atoms with Crippen molar-refractivity contribution in [3.05, 3.63) is 0 Å². The summed E-state index contributed by atoms with van der Waals surface area (Å²) in [4.78, 5) is 11.3. The van der Waals surface area contributed by atoms with Crippen molar-refractivity contribution in [1.29, 1.82) is 0 Å². The van der Waals surface area contributed by atoms with Crippen molar-refractivity contribution in [3.63, 3.8) is 0 Å². The summed E-state index contributed by atoms with van der Waals surface area (Å²) in [5.41, 5.74) is -0.363. The topological polar surface area (TPSA) is 38.3 Å². The molecule has 0 spiro atoms. The monoisotopic (exact) mass is 229 g/mol. The highest BCUT2D eigenvalue weighted by atomic mass is 16.6. The fourth-order valence-corrected chi connectivity index (χ4v) is 1.38. The maximum absolute atomic E-state index is 11.3. The third-order valence-electron chi connectivity index (χ3n) is 2.13. The van der Waals surface area contributed by atoms with E-state index in [2.05, 4.69) is 12.2 Å². The van der Waals surface area contributed by atoms with Gasteiger partial charge in [-0.25, -0.2) is 0 Å². The van der Waals surface area contributed by atoms with Crippen LogP contribution in [-0.2, 0) is 9.53 Å². The second kappa shape index (κ2) is 8.57. The SMILES string of the molecule is CCCCCCNCCC(=O)OC(C)(C)C. The van der Waals surface area contributed by atoms with E-state index in [1.807, 2.05) is 20.8 Å². The predicted molar refractivity (Wildman–Crippen MR) is 67.5 cm³/mol. The van der Waals surface area contributed by atoms with Gasteiger partial charge >= 0.3 is 5.97 Å². The van der Waals surface area contributed by atoms with Crippen molar-refractivity contribution in [3.8, 4) is 0 Å². The van der Waals surface area contributed by atoms with Crippen molar-refractivity contribution in [1.82, 2.24) is 5.32 Å². The summed E-state index contributed by atoms with van der Waals surface area (Å²) in [5.74, 6) is -0.117. The highest BCUT2D eigenvalue weighted by Crippen LogP contribution is 2.07. The van der Waals surface area contributed by atoms with E-state index in [0.29, 0.717) is 6.42 Å². The van der Waals surface area contributed by atoms with Gasteiger partial charge in [-0.2, -0.15) is 0 Å². The van der Waals surface area contributed by atoms with Gasteiger partial charge in [-0.1, -0.05) is 26.2 Å². The number of ether oxygens (including phenoxy) is 1. The molecule has 3 nitrogen and oxygen atoms in total. The number of esters is 1. The molecule has 0 aromatic carbocycles. The number of hydrogen-bond acceptors (Lipinski definition) is 3. The number of hydrogen-bond donors (Lipinski definition) is 1. The minimum absolute atomic E-state index is 0.117. The third kappa shape index (κ3) is 11.5. The van der Waals surface area contributed by atoms with Crippen LogP contribution in [-0.4, -0.2) is 24.7 Å². The van der Waals surface area contributed by atoms with Crippen LogP contribution in [0.3, 0.4) is 0 Å². The molecular weight excluding hydrogens is 202 g/mol. The van der Waals surface area contributed by atoms with E-state index in [-0.39, 0.29) is 11.6 Å². The van der Waals surface area contributed by atoms with Crippen LogP contribution in [0.4, 0.5) is 0 Å². The summed E-state index contributed by atoms with van der Waals surface area (Å²) < 4.78 is 5.20. The molecule has 0 amide bonds. The van der Waals surface area contributed by atoms with Crippen LogP contribution in [0.5, 0.6) is 0 Å². The van der Waals surface area contributed by atoms with Gasteiger partial charge in [-0.05, 0) is 33.7 Å². The van der Waals surface area contributed by atoms with E-state index in [0.717, 1.165) is 13.1 Å². The molecule has 0 atom stereocenters. The number of carbonyl (C=O) groups is 1. The normalized spacial score (nSPS) is 11.5. The van der Waals surface area contributed by atoms with Gasteiger partial charge < -0.3 is 10.1 Å². The van der Waals surface area contributed by atoms with Crippen molar-refractivity contribution in [2.75, 3.05) is 13.1 Å². The quantitative estimate of drug-likeness (QED) is 0.514. The van der Waals surface area contributed by atoms with Crippen LogP contribution in [0.25, 0.3) is 0 Å². The van der Waals surface area contributed by atoms with Gasteiger partial charge in [0, 0.05) is 6.54 Å². The van der Waals surface area contributed by atoms with Gasteiger partial charge in [0.15, 0.2) is 0 Å². The zero-order valence-electron chi connectivity index (χ0n) is 11.3. The first kappa shape index (κ1) is 15.4. The molecule has 16 heavy (non-hydrogen) atoms. The Kier molecular flexibility index (Phi) is 8.26. The van der Waals surface area contributed by atoms with Gasteiger partial charge in [-0.3, -0.25) is 4.79 Å². The molecule has 0 unspecified atom stereocenters. The molecule has 0 saturated carbocycles. The lowest BCUT2D eigenvalue weighted by atomic mass is 10.2. The molecular formula is C13H27NO2. The first-order chi connectivity index (χ1) is 7.45. The molecule has 0 heterocycles. The second-order valence-electron chi connectivity index (χ2n) is 5.15. The Labute approximate surface area is 99.9 Å². The zero-order chi connectivity index (χ0) is 12.4. The summed E-state index contributed by atoms with van der Waals surface area (Å²) in [6, 6.07) is 0. The molecule has 3 heteroatoms. The summed E-state index contributed by atoms with van der Waals surface area (Å²) >= 11 is 0. The maximum Gasteiger partial charge on any atom is 0.307 e. The molecule has 0 bridgehead atoms.